The number of nitro groups is 1. The third-order valence-corrected chi connectivity index (χ3v) is 3.61. The molecule has 7 nitrogen and oxygen atoms in total. The van der Waals surface area contributed by atoms with Crippen LogP contribution in [0.25, 0.3) is 0 Å². The summed E-state index contributed by atoms with van der Waals surface area (Å²) in [6.07, 6.45) is 0. The summed E-state index contributed by atoms with van der Waals surface area (Å²) < 4.78 is 0. The SMILES string of the molecule is CC1CN(CC(=O)Nc2ccccc2[N+](=O)[O-])C(C)CN1. The summed E-state index contributed by atoms with van der Waals surface area (Å²) in [4.78, 5) is 24.6. The van der Waals surface area contributed by atoms with Crippen molar-refractivity contribution in [2.45, 2.75) is 25.9 Å². The number of hydrogen-bond acceptors (Lipinski definition) is 5. The Hall–Kier alpha value is -1.99. The fourth-order valence-electron chi connectivity index (χ4n) is 2.43. The van der Waals surface area contributed by atoms with Crippen LogP contribution in [0.3, 0.4) is 0 Å². The highest BCUT2D eigenvalue weighted by Gasteiger charge is 2.24. The van der Waals surface area contributed by atoms with Crippen LogP contribution in [-0.2, 0) is 4.79 Å². The Kier molecular flexibility index (Phi) is 4.87. The number of rotatable bonds is 4. The average Bonchev–Trinajstić information content (AvgIpc) is 2.43. The zero-order valence-electron chi connectivity index (χ0n) is 12.2. The van der Waals surface area contributed by atoms with Crippen LogP contribution in [0.2, 0.25) is 0 Å². The number of nitrogens with zero attached hydrogens (tertiary/aromatic N) is 2. The van der Waals surface area contributed by atoms with Gasteiger partial charge in [-0.25, -0.2) is 0 Å². The maximum Gasteiger partial charge on any atom is 0.292 e. The number of carbonyl (C=O) groups is 1. The smallest absolute Gasteiger partial charge is 0.292 e. The van der Waals surface area contributed by atoms with Crippen LogP contribution in [-0.4, -0.2) is 47.4 Å². The molecule has 1 fully saturated rings. The highest BCUT2D eigenvalue weighted by molar-refractivity contribution is 5.94. The number of amides is 1. The number of para-hydroxylation sites is 2. The fourth-order valence-corrected chi connectivity index (χ4v) is 2.43. The van der Waals surface area contributed by atoms with Gasteiger partial charge >= 0.3 is 0 Å². The Morgan fingerprint density at radius 1 is 1.48 bits per heavy atom. The molecule has 2 N–H and O–H groups in total. The zero-order valence-corrected chi connectivity index (χ0v) is 12.2. The molecule has 0 spiro atoms. The van der Waals surface area contributed by atoms with Gasteiger partial charge in [0.15, 0.2) is 0 Å². The molecule has 1 aromatic rings. The van der Waals surface area contributed by atoms with Crippen molar-refractivity contribution in [1.82, 2.24) is 10.2 Å². The maximum atomic E-state index is 12.1. The van der Waals surface area contributed by atoms with Crippen LogP contribution in [0, 0.1) is 10.1 Å². The molecule has 0 aromatic heterocycles. The lowest BCUT2D eigenvalue weighted by Gasteiger charge is -2.36. The first-order valence-electron chi connectivity index (χ1n) is 6.98. The number of carbonyl (C=O) groups excluding carboxylic acids is 1. The lowest BCUT2D eigenvalue weighted by atomic mass is 10.1. The number of nitrogens with one attached hydrogen (secondary N) is 2. The van der Waals surface area contributed by atoms with E-state index in [1.165, 1.54) is 6.07 Å². The molecule has 1 aliphatic heterocycles. The van der Waals surface area contributed by atoms with E-state index in [1.807, 2.05) is 0 Å². The summed E-state index contributed by atoms with van der Waals surface area (Å²) in [5, 5.41) is 16.9. The van der Waals surface area contributed by atoms with Crippen LogP contribution in [0.1, 0.15) is 13.8 Å². The Morgan fingerprint density at radius 2 is 2.19 bits per heavy atom. The van der Waals surface area contributed by atoms with Crippen molar-refractivity contribution < 1.29 is 9.72 Å². The van der Waals surface area contributed by atoms with Crippen molar-refractivity contribution in [3.8, 4) is 0 Å². The van der Waals surface area contributed by atoms with E-state index in [4.69, 9.17) is 0 Å². The first-order valence-corrected chi connectivity index (χ1v) is 6.98. The highest BCUT2D eigenvalue weighted by atomic mass is 16.6. The van der Waals surface area contributed by atoms with Gasteiger partial charge in [-0.15, -0.1) is 0 Å². The summed E-state index contributed by atoms with van der Waals surface area (Å²) in [5.74, 6) is -0.231. The van der Waals surface area contributed by atoms with E-state index < -0.39 is 4.92 Å². The van der Waals surface area contributed by atoms with Gasteiger partial charge in [0, 0.05) is 31.2 Å². The Morgan fingerprint density at radius 3 is 2.90 bits per heavy atom. The molecule has 21 heavy (non-hydrogen) atoms. The van der Waals surface area contributed by atoms with E-state index in [1.54, 1.807) is 18.2 Å². The zero-order chi connectivity index (χ0) is 15.4. The molecule has 2 rings (SSSR count). The molecule has 0 saturated carbocycles. The van der Waals surface area contributed by atoms with Crippen LogP contribution >= 0.6 is 0 Å². The molecule has 1 aromatic carbocycles. The average molecular weight is 292 g/mol. The second kappa shape index (κ2) is 6.64. The van der Waals surface area contributed by atoms with E-state index in [9.17, 15) is 14.9 Å². The van der Waals surface area contributed by atoms with E-state index >= 15 is 0 Å². The fraction of sp³-hybridized carbons (Fsp3) is 0.500. The van der Waals surface area contributed by atoms with Crippen molar-refractivity contribution in [2.24, 2.45) is 0 Å². The first-order chi connectivity index (χ1) is 9.97. The van der Waals surface area contributed by atoms with E-state index in [-0.39, 0.29) is 29.9 Å². The van der Waals surface area contributed by atoms with Crippen LogP contribution in [0.4, 0.5) is 11.4 Å². The van der Waals surface area contributed by atoms with Gasteiger partial charge in [-0.1, -0.05) is 12.1 Å². The van der Waals surface area contributed by atoms with Crippen LogP contribution < -0.4 is 10.6 Å². The predicted octanol–water partition coefficient (Wildman–Crippen LogP) is 1.22. The third kappa shape index (κ3) is 3.99. The maximum absolute atomic E-state index is 12.1. The third-order valence-electron chi connectivity index (χ3n) is 3.61. The minimum atomic E-state index is -0.495. The standard InChI is InChI=1S/C14H20N4O3/c1-10-8-17(11(2)7-15-10)9-14(19)16-12-5-3-4-6-13(12)18(20)21/h3-6,10-11,15H,7-9H2,1-2H3,(H,16,19). The summed E-state index contributed by atoms with van der Waals surface area (Å²) >= 11 is 0. The number of nitro benzene ring substituents is 1. The molecule has 1 saturated heterocycles. The molecule has 2 atom stereocenters. The highest BCUT2D eigenvalue weighted by Crippen LogP contribution is 2.23. The van der Waals surface area contributed by atoms with Crippen LogP contribution in [0.5, 0.6) is 0 Å². The molecule has 0 radical (unpaired) electrons. The molecule has 1 heterocycles. The summed E-state index contributed by atoms with van der Waals surface area (Å²) in [6.45, 7) is 5.97. The molecular weight excluding hydrogens is 272 g/mol. The number of piperazine rings is 1. The Balaban J connectivity index is 2.00. The van der Waals surface area contributed by atoms with Gasteiger partial charge in [-0.3, -0.25) is 19.8 Å². The Bertz CT molecular complexity index is 535. The van der Waals surface area contributed by atoms with Gasteiger partial charge in [0.25, 0.3) is 5.69 Å². The van der Waals surface area contributed by atoms with E-state index in [0.717, 1.165) is 13.1 Å². The van der Waals surface area contributed by atoms with Crippen molar-refractivity contribution >= 4 is 17.3 Å². The van der Waals surface area contributed by atoms with E-state index in [0.29, 0.717) is 6.04 Å². The van der Waals surface area contributed by atoms with Gasteiger partial charge in [-0.05, 0) is 19.9 Å². The first kappa shape index (κ1) is 15.4. The van der Waals surface area contributed by atoms with Crippen LogP contribution in [0.15, 0.2) is 24.3 Å². The van der Waals surface area contributed by atoms with Gasteiger partial charge in [-0.2, -0.15) is 0 Å². The van der Waals surface area contributed by atoms with Gasteiger partial charge in [0.1, 0.15) is 5.69 Å². The predicted molar refractivity (Wildman–Crippen MR) is 80.2 cm³/mol. The molecule has 2 unspecified atom stereocenters. The second-order valence-electron chi connectivity index (χ2n) is 5.41. The lowest BCUT2D eigenvalue weighted by molar-refractivity contribution is -0.383. The van der Waals surface area contributed by atoms with Crippen molar-refractivity contribution in [1.29, 1.82) is 0 Å². The monoisotopic (exact) mass is 292 g/mol. The van der Waals surface area contributed by atoms with Gasteiger partial charge in [0.05, 0.1) is 11.5 Å². The molecular formula is C14H20N4O3. The number of hydrogen-bond donors (Lipinski definition) is 2. The molecule has 0 aliphatic carbocycles. The molecule has 114 valence electrons. The van der Waals surface area contributed by atoms with E-state index in [2.05, 4.69) is 29.4 Å². The minimum absolute atomic E-state index is 0.0902. The normalized spacial score (nSPS) is 22.8. The van der Waals surface area contributed by atoms with Crippen molar-refractivity contribution in [2.75, 3.05) is 25.0 Å². The lowest BCUT2D eigenvalue weighted by Crippen LogP contribution is -2.55. The van der Waals surface area contributed by atoms with Crippen molar-refractivity contribution in [3.05, 3.63) is 34.4 Å². The molecule has 1 aliphatic rings. The molecule has 1 amide bonds. The topological polar surface area (TPSA) is 87.5 Å². The summed E-state index contributed by atoms with van der Waals surface area (Å²) in [6, 6.07) is 6.76. The number of benzene rings is 1. The van der Waals surface area contributed by atoms with Gasteiger partial charge < -0.3 is 10.6 Å². The Labute approximate surface area is 123 Å². The van der Waals surface area contributed by atoms with Gasteiger partial charge in [0.2, 0.25) is 5.91 Å². The largest absolute Gasteiger partial charge is 0.319 e. The number of anilines is 1. The van der Waals surface area contributed by atoms with Crippen molar-refractivity contribution in [3.63, 3.8) is 0 Å². The summed E-state index contributed by atoms with van der Waals surface area (Å²) in [7, 11) is 0. The molecule has 7 heteroatoms. The second-order valence-corrected chi connectivity index (χ2v) is 5.41. The summed E-state index contributed by atoms with van der Waals surface area (Å²) in [5.41, 5.74) is 0.149. The quantitative estimate of drug-likeness (QED) is 0.643. The minimum Gasteiger partial charge on any atom is -0.319 e. The molecule has 0 bridgehead atoms.